The summed E-state index contributed by atoms with van der Waals surface area (Å²) in [6.45, 7) is 10.8. The molecular formula is C14H19NO3. The molecule has 0 spiro atoms. The number of hydrogen-bond acceptors (Lipinski definition) is 3. The lowest BCUT2D eigenvalue weighted by molar-refractivity contribution is 0.0636. The van der Waals surface area contributed by atoms with Crippen LogP contribution in [-0.4, -0.2) is 16.8 Å². The van der Waals surface area contributed by atoms with E-state index in [0.717, 1.165) is 11.1 Å². The third-order valence-electron chi connectivity index (χ3n) is 2.22. The average Bonchev–Trinajstić information content (AvgIpc) is 2.20. The summed E-state index contributed by atoms with van der Waals surface area (Å²) >= 11 is 0. The van der Waals surface area contributed by atoms with E-state index in [1.54, 1.807) is 39.8 Å². The predicted molar refractivity (Wildman–Crippen MR) is 72.8 cm³/mol. The molecule has 4 heteroatoms. The summed E-state index contributed by atoms with van der Waals surface area (Å²) < 4.78 is 5.15. The largest absolute Gasteiger partial charge is 0.508 e. The molecule has 98 valence electrons. The first-order chi connectivity index (χ1) is 8.23. The van der Waals surface area contributed by atoms with Gasteiger partial charge in [-0.15, -0.1) is 0 Å². The number of amides is 1. The fourth-order valence-corrected chi connectivity index (χ4v) is 1.41. The summed E-state index contributed by atoms with van der Waals surface area (Å²) in [7, 11) is 0. The Morgan fingerprint density at radius 2 is 2.06 bits per heavy atom. The molecule has 2 N–H and O–H groups in total. The number of anilines is 1. The molecule has 0 radical (unpaired) electrons. The second-order valence-electron chi connectivity index (χ2n) is 5.06. The number of aryl methyl sites for hydroxylation is 1. The van der Waals surface area contributed by atoms with Crippen molar-refractivity contribution < 1.29 is 14.6 Å². The number of rotatable bonds is 2. The first-order valence-electron chi connectivity index (χ1n) is 5.69. The van der Waals surface area contributed by atoms with E-state index in [9.17, 15) is 9.90 Å². The van der Waals surface area contributed by atoms with Gasteiger partial charge < -0.3 is 9.84 Å². The molecule has 0 aromatic heterocycles. The molecule has 0 bridgehead atoms. The van der Waals surface area contributed by atoms with Crippen molar-refractivity contribution in [1.29, 1.82) is 0 Å². The van der Waals surface area contributed by atoms with Crippen LogP contribution in [0.1, 0.15) is 31.9 Å². The van der Waals surface area contributed by atoms with Crippen LogP contribution in [-0.2, 0) is 4.74 Å². The molecular weight excluding hydrogens is 230 g/mol. The summed E-state index contributed by atoms with van der Waals surface area (Å²) in [5.41, 5.74) is 1.36. The van der Waals surface area contributed by atoms with E-state index in [4.69, 9.17) is 4.74 Å². The van der Waals surface area contributed by atoms with Gasteiger partial charge in [0.1, 0.15) is 11.4 Å². The van der Waals surface area contributed by atoms with Gasteiger partial charge in [-0.3, -0.25) is 5.32 Å². The van der Waals surface area contributed by atoms with Crippen LogP contribution in [0.3, 0.4) is 0 Å². The Labute approximate surface area is 107 Å². The van der Waals surface area contributed by atoms with Gasteiger partial charge in [0.25, 0.3) is 0 Å². The van der Waals surface area contributed by atoms with Crippen LogP contribution in [0.2, 0.25) is 0 Å². The standard InChI is InChI=1S/C14H19NO3/c1-6-10-7-9(2)12(16)8-11(10)15-13(17)18-14(3,4)5/h6-8,16H,1H2,2-5H3,(H,15,17). The number of carbonyl (C=O) groups is 1. The van der Waals surface area contributed by atoms with Crippen molar-refractivity contribution in [3.05, 3.63) is 29.8 Å². The summed E-state index contributed by atoms with van der Waals surface area (Å²) in [4.78, 5) is 11.6. The van der Waals surface area contributed by atoms with Crippen LogP contribution in [0, 0.1) is 6.92 Å². The average molecular weight is 249 g/mol. The lowest BCUT2D eigenvalue weighted by Gasteiger charge is -2.20. The summed E-state index contributed by atoms with van der Waals surface area (Å²) in [6.07, 6.45) is 1.05. The monoisotopic (exact) mass is 249 g/mol. The topological polar surface area (TPSA) is 58.6 Å². The van der Waals surface area contributed by atoms with Crippen LogP contribution in [0.4, 0.5) is 10.5 Å². The van der Waals surface area contributed by atoms with Crippen LogP contribution in [0.25, 0.3) is 6.08 Å². The Balaban J connectivity index is 2.94. The van der Waals surface area contributed by atoms with E-state index in [1.807, 2.05) is 0 Å². The number of nitrogens with one attached hydrogen (secondary N) is 1. The van der Waals surface area contributed by atoms with Crippen molar-refractivity contribution in [2.24, 2.45) is 0 Å². The molecule has 0 saturated carbocycles. The molecule has 1 amide bonds. The van der Waals surface area contributed by atoms with Crippen LogP contribution >= 0.6 is 0 Å². The molecule has 0 fully saturated rings. The third kappa shape index (κ3) is 3.80. The molecule has 0 aliphatic rings. The minimum absolute atomic E-state index is 0.117. The van der Waals surface area contributed by atoms with Crippen molar-refractivity contribution in [3.63, 3.8) is 0 Å². The quantitative estimate of drug-likeness (QED) is 0.840. The van der Waals surface area contributed by atoms with Gasteiger partial charge in [0.05, 0.1) is 5.69 Å². The van der Waals surface area contributed by atoms with Crippen molar-refractivity contribution in [2.45, 2.75) is 33.3 Å². The normalized spacial score (nSPS) is 10.9. The molecule has 0 saturated heterocycles. The molecule has 0 unspecified atom stereocenters. The highest BCUT2D eigenvalue weighted by atomic mass is 16.6. The number of phenols is 1. The molecule has 0 aliphatic heterocycles. The maximum absolute atomic E-state index is 11.6. The SMILES string of the molecule is C=Cc1cc(C)c(O)cc1NC(=O)OC(C)(C)C. The third-order valence-corrected chi connectivity index (χ3v) is 2.22. The first kappa shape index (κ1) is 14.1. The number of ether oxygens (including phenoxy) is 1. The highest BCUT2D eigenvalue weighted by molar-refractivity contribution is 5.88. The highest BCUT2D eigenvalue weighted by Crippen LogP contribution is 2.27. The van der Waals surface area contributed by atoms with Gasteiger partial charge in [-0.25, -0.2) is 4.79 Å². The Morgan fingerprint density at radius 1 is 1.44 bits per heavy atom. The zero-order valence-corrected chi connectivity index (χ0v) is 11.2. The Kier molecular flexibility index (Phi) is 4.01. The van der Waals surface area contributed by atoms with Gasteiger partial charge in [0, 0.05) is 6.07 Å². The predicted octanol–water partition coefficient (Wildman–Crippen LogP) is 3.69. The van der Waals surface area contributed by atoms with Gasteiger partial charge in [0.15, 0.2) is 0 Å². The van der Waals surface area contributed by atoms with Crippen molar-refractivity contribution in [1.82, 2.24) is 0 Å². The molecule has 1 rings (SSSR count). The van der Waals surface area contributed by atoms with E-state index >= 15 is 0 Å². The number of carbonyl (C=O) groups excluding carboxylic acids is 1. The summed E-state index contributed by atoms with van der Waals surface area (Å²) in [5, 5.41) is 12.2. The Hall–Kier alpha value is -1.97. The number of hydrogen-bond donors (Lipinski definition) is 2. The lowest BCUT2D eigenvalue weighted by atomic mass is 10.1. The first-order valence-corrected chi connectivity index (χ1v) is 5.69. The fraction of sp³-hybridized carbons (Fsp3) is 0.357. The van der Waals surface area contributed by atoms with E-state index < -0.39 is 11.7 Å². The van der Waals surface area contributed by atoms with E-state index in [-0.39, 0.29) is 5.75 Å². The smallest absolute Gasteiger partial charge is 0.412 e. The second-order valence-corrected chi connectivity index (χ2v) is 5.06. The number of phenolic OH excluding ortho intramolecular Hbond substituents is 1. The van der Waals surface area contributed by atoms with Crippen molar-refractivity contribution in [2.75, 3.05) is 5.32 Å². The Morgan fingerprint density at radius 3 is 2.56 bits per heavy atom. The lowest BCUT2D eigenvalue weighted by Crippen LogP contribution is -2.27. The zero-order valence-electron chi connectivity index (χ0n) is 11.2. The fourth-order valence-electron chi connectivity index (χ4n) is 1.41. The molecule has 0 aliphatic carbocycles. The zero-order chi connectivity index (χ0) is 13.9. The maximum atomic E-state index is 11.6. The molecule has 0 heterocycles. The summed E-state index contributed by atoms with van der Waals surface area (Å²) in [6, 6.07) is 3.23. The molecule has 1 aromatic carbocycles. The van der Waals surface area contributed by atoms with Crippen molar-refractivity contribution in [3.8, 4) is 5.75 Å². The molecule has 0 atom stereocenters. The highest BCUT2D eigenvalue weighted by Gasteiger charge is 2.17. The van der Waals surface area contributed by atoms with Crippen LogP contribution in [0.15, 0.2) is 18.7 Å². The van der Waals surface area contributed by atoms with Crippen LogP contribution in [0.5, 0.6) is 5.75 Å². The number of benzene rings is 1. The van der Waals surface area contributed by atoms with Gasteiger partial charge in [-0.2, -0.15) is 0 Å². The maximum Gasteiger partial charge on any atom is 0.412 e. The van der Waals surface area contributed by atoms with Gasteiger partial charge in [0.2, 0.25) is 0 Å². The van der Waals surface area contributed by atoms with Gasteiger partial charge in [-0.1, -0.05) is 12.7 Å². The second kappa shape index (κ2) is 5.12. The number of aromatic hydroxyl groups is 1. The minimum Gasteiger partial charge on any atom is -0.508 e. The van der Waals surface area contributed by atoms with Crippen LogP contribution < -0.4 is 5.32 Å². The molecule has 4 nitrogen and oxygen atoms in total. The minimum atomic E-state index is -0.564. The summed E-state index contributed by atoms with van der Waals surface area (Å²) in [5.74, 6) is 0.117. The van der Waals surface area contributed by atoms with E-state index in [0.29, 0.717) is 5.69 Å². The Bertz CT molecular complexity index is 473. The van der Waals surface area contributed by atoms with Crippen molar-refractivity contribution >= 4 is 17.9 Å². The molecule has 1 aromatic rings. The molecule has 18 heavy (non-hydrogen) atoms. The van der Waals surface area contributed by atoms with E-state index in [1.165, 1.54) is 6.07 Å². The van der Waals surface area contributed by atoms with Gasteiger partial charge in [-0.05, 0) is 44.9 Å². The van der Waals surface area contributed by atoms with E-state index in [2.05, 4.69) is 11.9 Å². The van der Waals surface area contributed by atoms with Gasteiger partial charge >= 0.3 is 6.09 Å².